The molecule has 0 aliphatic carbocycles. The summed E-state index contributed by atoms with van der Waals surface area (Å²) in [5.41, 5.74) is 2.73. The molecule has 2 rings (SSSR count). The van der Waals surface area contributed by atoms with Crippen molar-refractivity contribution in [2.75, 3.05) is 19.0 Å². The molecule has 0 aliphatic rings. The topological polar surface area (TPSA) is 39.1 Å². The fourth-order valence-corrected chi connectivity index (χ4v) is 2.27. The molecular weight excluding hydrogens is 250 g/mol. The average molecular weight is 273 g/mol. The number of aryl methyl sites for hydroxylation is 3. The predicted molar refractivity (Wildman–Crippen MR) is 82.1 cm³/mol. The second-order valence-electron chi connectivity index (χ2n) is 5.12. The number of anilines is 1. The van der Waals surface area contributed by atoms with Crippen molar-refractivity contribution in [3.63, 3.8) is 0 Å². The van der Waals surface area contributed by atoms with Crippen molar-refractivity contribution in [1.82, 2.24) is 9.55 Å². The van der Waals surface area contributed by atoms with Gasteiger partial charge in [0.25, 0.3) is 0 Å². The maximum Gasteiger partial charge on any atom is 0.203 e. The minimum absolute atomic E-state index is 0.250. The van der Waals surface area contributed by atoms with Gasteiger partial charge in [-0.2, -0.15) is 0 Å². The Kier molecular flexibility index (Phi) is 5.18. The van der Waals surface area contributed by atoms with Crippen LogP contribution in [0.4, 0.5) is 5.95 Å². The fourth-order valence-electron chi connectivity index (χ4n) is 2.27. The Bertz CT molecular complexity index is 536. The lowest BCUT2D eigenvalue weighted by molar-refractivity contribution is 0.190. The van der Waals surface area contributed by atoms with Gasteiger partial charge < -0.3 is 14.6 Å². The first kappa shape index (κ1) is 14.6. The van der Waals surface area contributed by atoms with Gasteiger partial charge in [-0.05, 0) is 31.4 Å². The average Bonchev–Trinajstić information content (AvgIpc) is 2.85. The monoisotopic (exact) mass is 273 g/mol. The number of ether oxygens (including phenoxy) is 1. The molecule has 1 N–H and O–H groups in total. The van der Waals surface area contributed by atoms with Crippen LogP contribution < -0.4 is 5.32 Å². The predicted octanol–water partition coefficient (Wildman–Crippen LogP) is 2.88. The van der Waals surface area contributed by atoms with E-state index in [4.69, 9.17) is 4.74 Å². The van der Waals surface area contributed by atoms with Gasteiger partial charge in [-0.1, -0.05) is 24.3 Å². The second-order valence-corrected chi connectivity index (χ2v) is 5.12. The van der Waals surface area contributed by atoms with Crippen LogP contribution in [0.2, 0.25) is 0 Å². The number of hydrogen-bond acceptors (Lipinski definition) is 3. The third kappa shape index (κ3) is 3.84. The van der Waals surface area contributed by atoms with Crippen LogP contribution in [-0.2, 0) is 17.7 Å². The Morgan fingerprint density at radius 1 is 1.35 bits per heavy atom. The number of imidazole rings is 1. The van der Waals surface area contributed by atoms with Crippen molar-refractivity contribution in [2.45, 2.75) is 32.9 Å². The van der Waals surface area contributed by atoms with Crippen LogP contribution >= 0.6 is 0 Å². The molecule has 0 spiro atoms. The number of nitrogens with one attached hydrogen (secondary N) is 1. The van der Waals surface area contributed by atoms with E-state index in [-0.39, 0.29) is 6.04 Å². The molecule has 4 nitrogen and oxygen atoms in total. The number of rotatable bonds is 7. The molecule has 0 aliphatic heterocycles. The van der Waals surface area contributed by atoms with E-state index in [2.05, 4.69) is 53.0 Å². The summed E-state index contributed by atoms with van der Waals surface area (Å²) in [4.78, 5) is 4.37. The summed E-state index contributed by atoms with van der Waals surface area (Å²) in [7, 11) is 1.71. The van der Waals surface area contributed by atoms with Gasteiger partial charge in [0.15, 0.2) is 0 Å². The van der Waals surface area contributed by atoms with Gasteiger partial charge in [-0.15, -0.1) is 0 Å². The van der Waals surface area contributed by atoms with Gasteiger partial charge in [0.05, 0.1) is 6.61 Å². The van der Waals surface area contributed by atoms with Crippen molar-refractivity contribution in [3.8, 4) is 0 Å². The molecule has 0 amide bonds. The van der Waals surface area contributed by atoms with Crippen molar-refractivity contribution < 1.29 is 4.74 Å². The first-order valence-electron chi connectivity index (χ1n) is 7.02. The van der Waals surface area contributed by atoms with E-state index in [1.54, 1.807) is 7.11 Å². The maximum atomic E-state index is 5.14. The third-order valence-electron chi connectivity index (χ3n) is 3.39. The van der Waals surface area contributed by atoms with E-state index in [9.17, 15) is 0 Å². The van der Waals surface area contributed by atoms with Crippen LogP contribution in [0.25, 0.3) is 0 Å². The molecule has 2 aromatic rings. The molecule has 1 aromatic heterocycles. The number of hydrogen-bond donors (Lipinski definition) is 1. The van der Waals surface area contributed by atoms with E-state index in [1.807, 2.05) is 12.4 Å². The van der Waals surface area contributed by atoms with Gasteiger partial charge in [0.2, 0.25) is 5.95 Å². The Morgan fingerprint density at radius 3 is 2.90 bits per heavy atom. The summed E-state index contributed by atoms with van der Waals surface area (Å²) >= 11 is 0. The lowest BCUT2D eigenvalue weighted by Gasteiger charge is -2.15. The zero-order valence-electron chi connectivity index (χ0n) is 12.5. The van der Waals surface area contributed by atoms with Crippen LogP contribution in [0.5, 0.6) is 0 Å². The second kappa shape index (κ2) is 7.10. The number of nitrogens with zero attached hydrogens (tertiary/aromatic N) is 2. The molecule has 0 saturated heterocycles. The standard InChI is InChI=1S/C16H23N3O/c1-13-6-4-5-7-15(13)8-10-19-11-9-17-16(19)18-14(2)12-20-3/h4-7,9,11,14H,8,10,12H2,1-3H3,(H,17,18). The Balaban J connectivity index is 1.97. The first-order chi connectivity index (χ1) is 9.70. The van der Waals surface area contributed by atoms with Crippen molar-refractivity contribution >= 4 is 5.95 Å². The van der Waals surface area contributed by atoms with Crippen molar-refractivity contribution in [3.05, 3.63) is 47.8 Å². The van der Waals surface area contributed by atoms with Gasteiger partial charge in [0, 0.05) is 32.1 Å². The Labute approximate surface area is 120 Å². The molecule has 4 heteroatoms. The minimum atomic E-state index is 0.250. The zero-order valence-corrected chi connectivity index (χ0v) is 12.5. The fraction of sp³-hybridized carbons (Fsp3) is 0.438. The SMILES string of the molecule is COCC(C)Nc1nccn1CCc1ccccc1C. The molecular formula is C16H23N3O. The molecule has 1 unspecified atom stereocenters. The molecule has 1 heterocycles. The number of methoxy groups -OCH3 is 1. The normalized spacial score (nSPS) is 12.3. The van der Waals surface area contributed by atoms with Crippen LogP contribution in [0.1, 0.15) is 18.1 Å². The zero-order chi connectivity index (χ0) is 14.4. The van der Waals surface area contributed by atoms with E-state index >= 15 is 0 Å². The highest BCUT2D eigenvalue weighted by molar-refractivity contribution is 5.29. The highest BCUT2D eigenvalue weighted by Crippen LogP contribution is 2.12. The highest BCUT2D eigenvalue weighted by Gasteiger charge is 2.07. The van der Waals surface area contributed by atoms with Crippen LogP contribution in [0.15, 0.2) is 36.7 Å². The van der Waals surface area contributed by atoms with E-state index in [0.29, 0.717) is 6.61 Å². The summed E-state index contributed by atoms with van der Waals surface area (Å²) in [6, 6.07) is 8.77. The van der Waals surface area contributed by atoms with Gasteiger partial charge in [-0.3, -0.25) is 0 Å². The first-order valence-corrected chi connectivity index (χ1v) is 7.02. The van der Waals surface area contributed by atoms with Gasteiger partial charge in [-0.25, -0.2) is 4.98 Å². The molecule has 20 heavy (non-hydrogen) atoms. The van der Waals surface area contributed by atoms with Crippen LogP contribution in [0, 0.1) is 6.92 Å². The molecule has 0 radical (unpaired) electrons. The Morgan fingerprint density at radius 2 is 2.15 bits per heavy atom. The quantitative estimate of drug-likeness (QED) is 0.843. The molecule has 0 saturated carbocycles. The third-order valence-corrected chi connectivity index (χ3v) is 3.39. The van der Waals surface area contributed by atoms with Crippen molar-refractivity contribution in [1.29, 1.82) is 0 Å². The van der Waals surface area contributed by atoms with Crippen LogP contribution in [0.3, 0.4) is 0 Å². The van der Waals surface area contributed by atoms with Gasteiger partial charge >= 0.3 is 0 Å². The molecule has 108 valence electrons. The summed E-state index contributed by atoms with van der Waals surface area (Å²) in [5, 5.41) is 3.37. The molecule has 0 fully saturated rings. The molecule has 1 atom stereocenters. The van der Waals surface area contributed by atoms with Crippen LogP contribution in [-0.4, -0.2) is 29.3 Å². The maximum absolute atomic E-state index is 5.14. The summed E-state index contributed by atoms with van der Waals surface area (Å²) < 4.78 is 7.29. The lowest BCUT2D eigenvalue weighted by atomic mass is 10.1. The largest absolute Gasteiger partial charge is 0.383 e. The summed E-state index contributed by atoms with van der Waals surface area (Å²) in [5.74, 6) is 0.906. The smallest absolute Gasteiger partial charge is 0.203 e. The summed E-state index contributed by atoms with van der Waals surface area (Å²) in [6.07, 6.45) is 4.86. The Hall–Kier alpha value is -1.81. The van der Waals surface area contributed by atoms with E-state index in [1.165, 1.54) is 11.1 Å². The van der Waals surface area contributed by atoms with E-state index in [0.717, 1.165) is 18.9 Å². The van der Waals surface area contributed by atoms with Gasteiger partial charge in [0.1, 0.15) is 0 Å². The molecule has 0 bridgehead atoms. The summed E-state index contributed by atoms with van der Waals surface area (Å²) in [6.45, 7) is 5.84. The lowest BCUT2D eigenvalue weighted by Crippen LogP contribution is -2.23. The number of benzene rings is 1. The highest BCUT2D eigenvalue weighted by atomic mass is 16.5. The molecule has 1 aromatic carbocycles. The van der Waals surface area contributed by atoms with E-state index < -0.39 is 0 Å². The number of aromatic nitrogens is 2. The minimum Gasteiger partial charge on any atom is -0.383 e. The van der Waals surface area contributed by atoms with Crippen molar-refractivity contribution in [2.24, 2.45) is 0 Å².